The van der Waals surface area contributed by atoms with E-state index in [-0.39, 0.29) is 6.04 Å². The van der Waals surface area contributed by atoms with Crippen LogP contribution in [0.1, 0.15) is 11.3 Å². The molecule has 2 aromatic rings. The summed E-state index contributed by atoms with van der Waals surface area (Å²) in [6.45, 7) is 0. The van der Waals surface area contributed by atoms with Crippen LogP contribution in [-0.4, -0.2) is 11.0 Å². The Morgan fingerprint density at radius 3 is 3.00 bits per heavy atom. The van der Waals surface area contributed by atoms with Gasteiger partial charge in [0.2, 0.25) is 0 Å². The second-order valence-corrected chi connectivity index (χ2v) is 4.21. The van der Waals surface area contributed by atoms with Gasteiger partial charge in [-0.2, -0.15) is 0 Å². The van der Waals surface area contributed by atoms with Crippen LogP contribution in [0.4, 0.5) is 5.69 Å². The summed E-state index contributed by atoms with van der Waals surface area (Å²) in [5.74, 6) is 0. The number of nitrogens with zero attached hydrogens (tertiary/aromatic N) is 1. The van der Waals surface area contributed by atoms with Crippen molar-refractivity contribution in [2.75, 3.05) is 5.73 Å². The highest BCUT2D eigenvalue weighted by Crippen LogP contribution is 2.23. The van der Waals surface area contributed by atoms with Crippen LogP contribution < -0.4 is 11.5 Å². The van der Waals surface area contributed by atoms with Crippen molar-refractivity contribution < 1.29 is 0 Å². The summed E-state index contributed by atoms with van der Waals surface area (Å²) in [5, 5.41) is 1.08. The fourth-order valence-electron chi connectivity index (χ4n) is 2.10. The maximum Gasteiger partial charge on any atom is 0.0710 e. The van der Waals surface area contributed by atoms with E-state index >= 15 is 0 Å². The van der Waals surface area contributed by atoms with Crippen LogP contribution in [0, 0.1) is 0 Å². The van der Waals surface area contributed by atoms with Crippen LogP contribution in [0.5, 0.6) is 0 Å². The van der Waals surface area contributed by atoms with E-state index in [0.29, 0.717) is 0 Å². The van der Waals surface area contributed by atoms with Gasteiger partial charge in [-0.25, -0.2) is 4.98 Å². The van der Waals surface area contributed by atoms with Crippen LogP contribution >= 0.6 is 0 Å². The van der Waals surface area contributed by atoms with Gasteiger partial charge in [-0.3, -0.25) is 0 Å². The third-order valence-corrected chi connectivity index (χ3v) is 2.91. The Bertz CT molecular complexity index is 587. The van der Waals surface area contributed by atoms with Crippen molar-refractivity contribution in [3.8, 4) is 0 Å². The highest BCUT2D eigenvalue weighted by molar-refractivity contribution is 5.84. The number of benzene rings is 1. The second kappa shape index (κ2) is 3.32. The van der Waals surface area contributed by atoms with Crippen LogP contribution in [0.2, 0.25) is 0 Å². The van der Waals surface area contributed by atoms with Gasteiger partial charge in [0.15, 0.2) is 0 Å². The number of nitrogens with two attached hydrogens (primary N) is 2. The number of aromatic nitrogens is 1. The average molecular weight is 211 g/mol. The summed E-state index contributed by atoms with van der Waals surface area (Å²) in [7, 11) is 0. The molecule has 1 aliphatic rings. The minimum Gasteiger partial charge on any atom is -0.399 e. The molecule has 1 aromatic heterocycles. The molecule has 1 heterocycles. The predicted molar refractivity (Wildman–Crippen MR) is 66.9 cm³/mol. The SMILES string of the molecule is Nc1ccc2nc3c(cc2c1)CC(N)C=C3. The maximum absolute atomic E-state index is 5.88. The van der Waals surface area contributed by atoms with E-state index in [2.05, 4.69) is 11.1 Å². The van der Waals surface area contributed by atoms with Crippen LogP contribution in [0.3, 0.4) is 0 Å². The van der Waals surface area contributed by atoms with Crippen LogP contribution in [-0.2, 0) is 6.42 Å². The normalized spacial score (nSPS) is 18.7. The first-order valence-electron chi connectivity index (χ1n) is 5.35. The molecule has 80 valence electrons. The molecule has 0 amide bonds. The lowest BCUT2D eigenvalue weighted by molar-refractivity contribution is 0.798. The first kappa shape index (κ1) is 9.36. The molecular formula is C13H13N3. The summed E-state index contributed by atoms with van der Waals surface area (Å²) in [6.07, 6.45) is 4.85. The Morgan fingerprint density at radius 1 is 1.25 bits per heavy atom. The lowest BCUT2D eigenvalue weighted by Crippen LogP contribution is -2.22. The molecule has 0 saturated carbocycles. The zero-order valence-electron chi connectivity index (χ0n) is 8.85. The van der Waals surface area contributed by atoms with E-state index in [9.17, 15) is 0 Å². The van der Waals surface area contributed by atoms with Gasteiger partial charge in [0.1, 0.15) is 0 Å². The number of hydrogen-bond acceptors (Lipinski definition) is 3. The molecule has 1 unspecified atom stereocenters. The fourth-order valence-corrected chi connectivity index (χ4v) is 2.10. The van der Waals surface area contributed by atoms with Gasteiger partial charge < -0.3 is 11.5 Å². The van der Waals surface area contributed by atoms with E-state index in [0.717, 1.165) is 28.7 Å². The van der Waals surface area contributed by atoms with Crippen LogP contribution in [0.25, 0.3) is 17.0 Å². The molecule has 0 aliphatic heterocycles. The molecule has 16 heavy (non-hydrogen) atoms. The predicted octanol–water partition coefficient (Wildman–Crippen LogP) is 1.71. The molecule has 1 aromatic carbocycles. The van der Waals surface area contributed by atoms with Crippen molar-refractivity contribution in [2.24, 2.45) is 5.73 Å². The van der Waals surface area contributed by atoms with Gasteiger partial charge in [0.25, 0.3) is 0 Å². The number of anilines is 1. The average Bonchev–Trinajstić information content (AvgIpc) is 2.26. The molecule has 3 heteroatoms. The highest BCUT2D eigenvalue weighted by Gasteiger charge is 2.12. The Morgan fingerprint density at radius 2 is 2.12 bits per heavy atom. The Kier molecular flexibility index (Phi) is 1.94. The Hall–Kier alpha value is -1.87. The molecular weight excluding hydrogens is 198 g/mol. The number of nitrogen functional groups attached to an aromatic ring is 1. The molecule has 4 N–H and O–H groups in total. The smallest absolute Gasteiger partial charge is 0.0710 e. The minimum atomic E-state index is 0.104. The third kappa shape index (κ3) is 1.46. The number of fused-ring (bicyclic) bond motifs is 2. The summed E-state index contributed by atoms with van der Waals surface area (Å²) in [6, 6.07) is 8.02. The van der Waals surface area contributed by atoms with E-state index in [4.69, 9.17) is 11.5 Å². The second-order valence-electron chi connectivity index (χ2n) is 4.21. The van der Waals surface area contributed by atoms with Gasteiger partial charge in [0, 0.05) is 17.1 Å². The quantitative estimate of drug-likeness (QED) is 0.652. The standard InChI is InChI=1S/C13H13N3/c14-10-1-3-12-8(6-10)5-9-7-11(15)2-4-13(9)16-12/h1-6,11H,7,14-15H2. The highest BCUT2D eigenvalue weighted by atomic mass is 14.7. The number of hydrogen-bond donors (Lipinski definition) is 2. The van der Waals surface area contributed by atoms with Crippen molar-refractivity contribution >= 4 is 22.7 Å². The summed E-state index contributed by atoms with van der Waals surface area (Å²) in [5.41, 5.74) is 15.6. The molecule has 0 spiro atoms. The van der Waals surface area contributed by atoms with E-state index in [1.807, 2.05) is 30.4 Å². The van der Waals surface area contributed by atoms with Crippen LogP contribution in [0.15, 0.2) is 30.3 Å². The maximum atomic E-state index is 5.88. The van der Waals surface area contributed by atoms with E-state index in [1.165, 1.54) is 5.56 Å². The third-order valence-electron chi connectivity index (χ3n) is 2.91. The Balaban J connectivity index is 2.25. The lowest BCUT2D eigenvalue weighted by Gasteiger charge is -2.15. The largest absolute Gasteiger partial charge is 0.399 e. The lowest BCUT2D eigenvalue weighted by atomic mass is 9.97. The summed E-state index contributed by atoms with van der Waals surface area (Å²) in [4.78, 5) is 4.59. The van der Waals surface area contributed by atoms with Crippen molar-refractivity contribution in [3.05, 3.63) is 41.6 Å². The van der Waals surface area contributed by atoms with E-state index < -0.39 is 0 Å². The van der Waals surface area contributed by atoms with Gasteiger partial charge >= 0.3 is 0 Å². The van der Waals surface area contributed by atoms with Crippen molar-refractivity contribution in [2.45, 2.75) is 12.5 Å². The fraction of sp³-hybridized carbons (Fsp3) is 0.154. The monoisotopic (exact) mass is 211 g/mol. The van der Waals surface area contributed by atoms with E-state index in [1.54, 1.807) is 0 Å². The molecule has 0 radical (unpaired) electrons. The molecule has 1 aliphatic carbocycles. The van der Waals surface area contributed by atoms with Crippen molar-refractivity contribution in [3.63, 3.8) is 0 Å². The Labute approximate surface area is 93.8 Å². The molecule has 3 nitrogen and oxygen atoms in total. The summed E-state index contributed by atoms with van der Waals surface area (Å²) >= 11 is 0. The van der Waals surface area contributed by atoms with Gasteiger partial charge in [0.05, 0.1) is 11.2 Å². The first-order valence-corrected chi connectivity index (χ1v) is 5.35. The topological polar surface area (TPSA) is 64.9 Å². The molecule has 3 rings (SSSR count). The molecule has 0 bridgehead atoms. The van der Waals surface area contributed by atoms with Gasteiger partial charge in [-0.05, 0) is 42.3 Å². The van der Waals surface area contributed by atoms with Crippen molar-refractivity contribution in [1.29, 1.82) is 0 Å². The minimum absolute atomic E-state index is 0.104. The van der Waals surface area contributed by atoms with Gasteiger partial charge in [-0.15, -0.1) is 0 Å². The number of rotatable bonds is 0. The summed E-state index contributed by atoms with van der Waals surface area (Å²) < 4.78 is 0. The molecule has 1 atom stereocenters. The number of pyridine rings is 1. The zero-order chi connectivity index (χ0) is 11.1. The van der Waals surface area contributed by atoms with Crippen molar-refractivity contribution in [1.82, 2.24) is 4.98 Å². The molecule has 0 saturated heterocycles. The molecule has 0 fully saturated rings. The first-order chi connectivity index (χ1) is 7.72. The van der Waals surface area contributed by atoms with Gasteiger partial charge in [-0.1, -0.05) is 6.08 Å². The zero-order valence-corrected chi connectivity index (χ0v) is 8.85.